The molecule has 1 aromatic rings. The molecule has 3 nitrogen and oxygen atoms in total. The van der Waals surface area contributed by atoms with Crippen LogP contribution < -0.4 is 5.32 Å². The van der Waals surface area contributed by atoms with Crippen molar-refractivity contribution in [3.05, 3.63) is 30.1 Å². The molecule has 0 aliphatic carbocycles. The maximum Gasteiger partial charge on any atom is 0.224 e. The minimum atomic E-state index is 0.191. The number of hydrogen-bond acceptors (Lipinski definition) is 3. The first-order chi connectivity index (χ1) is 7.86. The zero-order valence-corrected chi connectivity index (χ0v) is 10.0. The molecule has 1 atom stereocenters. The fraction of sp³-hybridized carbons (Fsp3) is 0.500. The Morgan fingerprint density at radius 3 is 3.25 bits per heavy atom. The number of amides is 1. The van der Waals surface area contributed by atoms with E-state index in [1.807, 2.05) is 23.9 Å². The fourth-order valence-corrected chi connectivity index (χ4v) is 2.92. The van der Waals surface area contributed by atoms with Crippen LogP contribution in [0, 0.1) is 5.92 Å². The molecule has 4 heteroatoms. The van der Waals surface area contributed by atoms with Crippen molar-refractivity contribution in [2.24, 2.45) is 5.92 Å². The quantitative estimate of drug-likeness (QED) is 0.870. The Hall–Kier alpha value is -1.03. The summed E-state index contributed by atoms with van der Waals surface area (Å²) in [5.41, 5.74) is 1.05. The average Bonchev–Trinajstić information content (AvgIpc) is 2.38. The second-order valence-electron chi connectivity index (χ2n) is 3.99. The molecule has 1 aromatic heterocycles. The van der Waals surface area contributed by atoms with Gasteiger partial charge in [0.15, 0.2) is 0 Å². The van der Waals surface area contributed by atoms with Crippen molar-refractivity contribution in [2.75, 3.05) is 11.5 Å². The molecular formula is C12H16N2OS. The van der Waals surface area contributed by atoms with Gasteiger partial charge in [0.25, 0.3) is 0 Å². The van der Waals surface area contributed by atoms with Crippen LogP contribution >= 0.6 is 11.8 Å². The van der Waals surface area contributed by atoms with Crippen LogP contribution in [0.5, 0.6) is 0 Å². The van der Waals surface area contributed by atoms with E-state index in [2.05, 4.69) is 10.3 Å². The van der Waals surface area contributed by atoms with Gasteiger partial charge in [0.1, 0.15) is 0 Å². The highest BCUT2D eigenvalue weighted by Crippen LogP contribution is 2.22. The first-order valence-electron chi connectivity index (χ1n) is 5.60. The number of nitrogens with zero attached hydrogens (tertiary/aromatic N) is 1. The maximum atomic E-state index is 11.8. The van der Waals surface area contributed by atoms with E-state index < -0.39 is 0 Å². The van der Waals surface area contributed by atoms with Gasteiger partial charge in [-0.1, -0.05) is 6.07 Å². The monoisotopic (exact) mass is 236 g/mol. The molecule has 0 saturated carbocycles. The molecule has 1 saturated heterocycles. The predicted molar refractivity (Wildman–Crippen MR) is 66.1 cm³/mol. The molecule has 1 amide bonds. The summed E-state index contributed by atoms with van der Waals surface area (Å²) >= 11 is 1.88. The largest absolute Gasteiger partial charge is 0.352 e. The van der Waals surface area contributed by atoms with E-state index >= 15 is 0 Å². The number of carbonyl (C=O) groups is 1. The molecule has 0 radical (unpaired) electrons. The highest BCUT2D eigenvalue weighted by molar-refractivity contribution is 7.99. The Morgan fingerprint density at radius 2 is 2.56 bits per heavy atom. The molecular weight excluding hydrogens is 220 g/mol. The lowest BCUT2D eigenvalue weighted by Gasteiger charge is -2.20. The van der Waals surface area contributed by atoms with Crippen LogP contribution in [0.25, 0.3) is 0 Å². The Kier molecular flexibility index (Phi) is 4.22. The van der Waals surface area contributed by atoms with E-state index in [0.717, 1.165) is 24.2 Å². The minimum Gasteiger partial charge on any atom is -0.352 e. The Bertz CT molecular complexity index is 336. The zero-order valence-electron chi connectivity index (χ0n) is 9.19. The highest BCUT2D eigenvalue weighted by atomic mass is 32.2. The fourth-order valence-electron chi connectivity index (χ4n) is 1.78. The summed E-state index contributed by atoms with van der Waals surface area (Å²) in [4.78, 5) is 15.8. The number of carbonyl (C=O) groups excluding carboxylic acids is 1. The third-order valence-electron chi connectivity index (χ3n) is 2.72. The number of nitrogens with one attached hydrogen (secondary N) is 1. The number of pyridine rings is 1. The van der Waals surface area contributed by atoms with E-state index in [9.17, 15) is 4.79 Å². The lowest BCUT2D eigenvalue weighted by atomic mass is 10.0. The molecule has 1 aliphatic rings. The summed E-state index contributed by atoms with van der Waals surface area (Å²) in [7, 11) is 0. The third kappa shape index (κ3) is 3.23. The van der Waals surface area contributed by atoms with Crippen LogP contribution in [0.2, 0.25) is 0 Å². The number of aromatic nitrogens is 1. The molecule has 0 aromatic carbocycles. The van der Waals surface area contributed by atoms with Gasteiger partial charge in [-0.3, -0.25) is 9.78 Å². The molecule has 1 aliphatic heterocycles. The first kappa shape index (κ1) is 11.5. The maximum absolute atomic E-state index is 11.8. The van der Waals surface area contributed by atoms with Gasteiger partial charge < -0.3 is 5.32 Å². The van der Waals surface area contributed by atoms with Gasteiger partial charge in [-0.15, -0.1) is 0 Å². The molecule has 86 valence electrons. The lowest BCUT2D eigenvalue weighted by Crippen LogP contribution is -2.33. The summed E-state index contributed by atoms with van der Waals surface area (Å²) in [6, 6.07) is 3.86. The second-order valence-corrected chi connectivity index (χ2v) is 5.14. The van der Waals surface area contributed by atoms with Gasteiger partial charge in [0, 0.05) is 30.6 Å². The van der Waals surface area contributed by atoms with Crippen LogP contribution in [-0.2, 0) is 11.3 Å². The van der Waals surface area contributed by atoms with Crippen molar-refractivity contribution >= 4 is 17.7 Å². The molecule has 0 bridgehead atoms. The summed E-state index contributed by atoms with van der Waals surface area (Å²) in [5.74, 6) is 2.57. The standard InChI is InChI=1S/C12H16N2OS/c15-12(11-4-2-6-16-9-11)14-8-10-3-1-5-13-7-10/h1,3,5,7,11H,2,4,6,8-9H2,(H,14,15). The molecule has 2 rings (SSSR count). The zero-order chi connectivity index (χ0) is 11.2. The normalized spacial score (nSPS) is 20.4. The van der Waals surface area contributed by atoms with Crippen LogP contribution in [-0.4, -0.2) is 22.4 Å². The number of rotatable bonds is 3. The molecule has 0 spiro atoms. The van der Waals surface area contributed by atoms with Gasteiger partial charge in [-0.05, 0) is 30.2 Å². The Balaban J connectivity index is 1.79. The first-order valence-corrected chi connectivity index (χ1v) is 6.76. The summed E-state index contributed by atoms with van der Waals surface area (Å²) < 4.78 is 0. The van der Waals surface area contributed by atoms with Crippen molar-refractivity contribution < 1.29 is 4.79 Å². The van der Waals surface area contributed by atoms with E-state index in [1.54, 1.807) is 12.4 Å². The molecule has 2 heterocycles. The predicted octanol–water partition coefficient (Wildman–Crippen LogP) is 1.84. The Morgan fingerprint density at radius 1 is 1.62 bits per heavy atom. The smallest absolute Gasteiger partial charge is 0.224 e. The van der Waals surface area contributed by atoms with Crippen molar-refractivity contribution in [3.63, 3.8) is 0 Å². The van der Waals surface area contributed by atoms with Crippen molar-refractivity contribution in [1.82, 2.24) is 10.3 Å². The van der Waals surface area contributed by atoms with Crippen molar-refractivity contribution in [3.8, 4) is 0 Å². The SMILES string of the molecule is O=C(NCc1cccnc1)C1CCCSC1. The van der Waals surface area contributed by atoms with Gasteiger partial charge >= 0.3 is 0 Å². The lowest BCUT2D eigenvalue weighted by molar-refractivity contribution is -0.124. The summed E-state index contributed by atoms with van der Waals surface area (Å²) in [6.45, 7) is 0.591. The molecule has 16 heavy (non-hydrogen) atoms. The Labute approximate surface area is 100 Å². The average molecular weight is 236 g/mol. The number of hydrogen-bond donors (Lipinski definition) is 1. The van der Waals surface area contributed by atoms with Crippen LogP contribution in [0.1, 0.15) is 18.4 Å². The number of thioether (sulfide) groups is 1. The van der Waals surface area contributed by atoms with Gasteiger partial charge in [-0.25, -0.2) is 0 Å². The molecule has 1 fully saturated rings. The minimum absolute atomic E-state index is 0.191. The summed E-state index contributed by atoms with van der Waals surface area (Å²) in [6.07, 6.45) is 5.72. The van der Waals surface area contributed by atoms with E-state index in [0.29, 0.717) is 6.54 Å². The van der Waals surface area contributed by atoms with E-state index in [4.69, 9.17) is 0 Å². The van der Waals surface area contributed by atoms with Crippen LogP contribution in [0.15, 0.2) is 24.5 Å². The highest BCUT2D eigenvalue weighted by Gasteiger charge is 2.20. The topological polar surface area (TPSA) is 42.0 Å². The van der Waals surface area contributed by atoms with Crippen LogP contribution in [0.4, 0.5) is 0 Å². The summed E-state index contributed by atoms with van der Waals surface area (Å²) in [5, 5.41) is 2.98. The molecule has 1 unspecified atom stereocenters. The van der Waals surface area contributed by atoms with Gasteiger partial charge in [0.05, 0.1) is 0 Å². The molecule has 1 N–H and O–H groups in total. The van der Waals surface area contributed by atoms with Crippen molar-refractivity contribution in [1.29, 1.82) is 0 Å². The van der Waals surface area contributed by atoms with Crippen LogP contribution in [0.3, 0.4) is 0 Å². The van der Waals surface area contributed by atoms with Crippen molar-refractivity contribution in [2.45, 2.75) is 19.4 Å². The van der Waals surface area contributed by atoms with E-state index in [-0.39, 0.29) is 11.8 Å². The second kappa shape index (κ2) is 5.89. The van der Waals surface area contributed by atoms with Gasteiger partial charge in [-0.2, -0.15) is 11.8 Å². The van der Waals surface area contributed by atoms with Gasteiger partial charge in [0.2, 0.25) is 5.91 Å². The third-order valence-corrected chi connectivity index (χ3v) is 3.94. The van der Waals surface area contributed by atoms with E-state index in [1.165, 1.54) is 5.75 Å².